The van der Waals surface area contributed by atoms with Crippen LogP contribution in [-0.4, -0.2) is 18.1 Å². The third kappa shape index (κ3) is 3.39. The Morgan fingerprint density at radius 1 is 1.29 bits per heavy atom. The molecule has 1 saturated carbocycles. The first kappa shape index (κ1) is 14.0. The highest BCUT2D eigenvalue weighted by Crippen LogP contribution is 2.28. The molecule has 0 amide bonds. The minimum Gasteiger partial charge on any atom is -0.344 e. The van der Waals surface area contributed by atoms with Crippen molar-refractivity contribution in [3.63, 3.8) is 0 Å². The Hall–Kier alpha value is -1.94. The number of rotatable bonds is 5. The summed E-state index contributed by atoms with van der Waals surface area (Å²) in [6.07, 6.45) is 4.46. The van der Waals surface area contributed by atoms with Gasteiger partial charge in [0.2, 0.25) is 0 Å². The quantitative estimate of drug-likeness (QED) is 0.910. The van der Waals surface area contributed by atoms with Crippen molar-refractivity contribution >= 4 is 11.4 Å². The van der Waals surface area contributed by atoms with Gasteiger partial charge in [-0.05, 0) is 50.1 Å². The number of hydrogen-bond acceptors (Lipinski definition) is 3. The van der Waals surface area contributed by atoms with Crippen LogP contribution in [0, 0.1) is 12.7 Å². The lowest BCUT2D eigenvalue weighted by Crippen LogP contribution is -2.19. The summed E-state index contributed by atoms with van der Waals surface area (Å²) in [6, 6.07) is 9.30. The second-order valence-corrected chi connectivity index (χ2v) is 5.65. The molecule has 110 valence electrons. The minimum absolute atomic E-state index is 0.214. The van der Waals surface area contributed by atoms with E-state index >= 15 is 0 Å². The third-order valence-electron chi connectivity index (χ3n) is 3.83. The standard InChI is InChI=1S/C17H20FN3/c1-12-9-17(13(10-19-12)11-20-15-5-6-15)21(2)16-7-3-14(18)4-8-16/h3-4,7-10,15,20H,5-6,11H2,1-2H3. The average Bonchev–Trinajstić information content (AvgIpc) is 3.30. The highest BCUT2D eigenvalue weighted by Gasteiger charge is 2.21. The van der Waals surface area contributed by atoms with Gasteiger partial charge in [-0.15, -0.1) is 0 Å². The van der Waals surface area contributed by atoms with Crippen molar-refractivity contribution in [3.05, 3.63) is 53.6 Å². The van der Waals surface area contributed by atoms with Crippen LogP contribution >= 0.6 is 0 Å². The molecule has 0 atom stereocenters. The smallest absolute Gasteiger partial charge is 0.123 e. The highest BCUT2D eigenvalue weighted by atomic mass is 19.1. The Balaban J connectivity index is 1.87. The van der Waals surface area contributed by atoms with Gasteiger partial charge < -0.3 is 10.2 Å². The third-order valence-corrected chi connectivity index (χ3v) is 3.83. The van der Waals surface area contributed by atoms with Crippen molar-refractivity contribution in [2.24, 2.45) is 0 Å². The Bertz CT molecular complexity index is 620. The van der Waals surface area contributed by atoms with E-state index in [0.29, 0.717) is 6.04 Å². The zero-order valence-corrected chi connectivity index (χ0v) is 12.4. The summed E-state index contributed by atoms with van der Waals surface area (Å²) in [5.74, 6) is -0.214. The fraction of sp³-hybridized carbons (Fsp3) is 0.353. The van der Waals surface area contributed by atoms with Crippen molar-refractivity contribution in [1.29, 1.82) is 0 Å². The number of halogens is 1. The number of benzene rings is 1. The van der Waals surface area contributed by atoms with Crippen molar-refractivity contribution in [3.8, 4) is 0 Å². The summed E-state index contributed by atoms with van der Waals surface area (Å²) in [5, 5.41) is 3.52. The van der Waals surface area contributed by atoms with Gasteiger partial charge in [0.15, 0.2) is 0 Å². The van der Waals surface area contributed by atoms with Gasteiger partial charge in [0, 0.05) is 48.5 Å². The van der Waals surface area contributed by atoms with Crippen molar-refractivity contribution in [2.75, 3.05) is 11.9 Å². The van der Waals surface area contributed by atoms with Crippen LogP contribution in [0.3, 0.4) is 0 Å². The normalized spacial score (nSPS) is 14.2. The molecule has 0 unspecified atom stereocenters. The summed E-state index contributed by atoms with van der Waals surface area (Å²) in [6.45, 7) is 2.80. The van der Waals surface area contributed by atoms with E-state index in [1.54, 1.807) is 12.1 Å². The Morgan fingerprint density at radius 3 is 2.67 bits per heavy atom. The van der Waals surface area contributed by atoms with Gasteiger partial charge in [0.05, 0.1) is 0 Å². The number of hydrogen-bond donors (Lipinski definition) is 1. The number of aryl methyl sites for hydroxylation is 1. The summed E-state index contributed by atoms with van der Waals surface area (Å²) in [7, 11) is 2.00. The molecule has 4 heteroatoms. The lowest BCUT2D eigenvalue weighted by molar-refractivity contribution is 0.628. The van der Waals surface area contributed by atoms with E-state index in [1.807, 2.05) is 20.2 Å². The van der Waals surface area contributed by atoms with E-state index in [4.69, 9.17) is 0 Å². The van der Waals surface area contributed by atoms with Gasteiger partial charge >= 0.3 is 0 Å². The number of nitrogens with one attached hydrogen (secondary N) is 1. The molecule has 1 aromatic heterocycles. The van der Waals surface area contributed by atoms with Gasteiger partial charge in [-0.2, -0.15) is 0 Å². The maximum atomic E-state index is 13.1. The maximum absolute atomic E-state index is 13.1. The summed E-state index contributed by atoms with van der Waals surface area (Å²) in [4.78, 5) is 6.48. The molecule has 0 saturated heterocycles. The van der Waals surface area contributed by atoms with E-state index in [9.17, 15) is 4.39 Å². The molecular formula is C17H20FN3. The van der Waals surface area contributed by atoms with E-state index < -0.39 is 0 Å². The molecule has 0 spiro atoms. The second-order valence-electron chi connectivity index (χ2n) is 5.65. The van der Waals surface area contributed by atoms with Crippen LogP contribution in [0.5, 0.6) is 0 Å². The largest absolute Gasteiger partial charge is 0.344 e. The predicted molar refractivity (Wildman–Crippen MR) is 83.3 cm³/mol. The molecular weight excluding hydrogens is 265 g/mol. The highest BCUT2D eigenvalue weighted by molar-refractivity contribution is 5.65. The molecule has 3 rings (SSSR count). The van der Waals surface area contributed by atoms with Crippen LogP contribution in [0.25, 0.3) is 0 Å². The van der Waals surface area contributed by atoms with Crippen LogP contribution in [0.1, 0.15) is 24.1 Å². The molecule has 1 aromatic carbocycles. The van der Waals surface area contributed by atoms with Crippen molar-refractivity contribution in [2.45, 2.75) is 32.4 Å². The molecule has 0 aliphatic heterocycles. The first-order valence-corrected chi connectivity index (χ1v) is 7.31. The molecule has 0 radical (unpaired) electrons. The first-order valence-electron chi connectivity index (χ1n) is 7.31. The van der Waals surface area contributed by atoms with Gasteiger partial charge in [-0.1, -0.05) is 0 Å². The summed E-state index contributed by atoms with van der Waals surface area (Å²) >= 11 is 0. The van der Waals surface area contributed by atoms with E-state index in [1.165, 1.54) is 30.5 Å². The van der Waals surface area contributed by atoms with E-state index in [0.717, 1.165) is 23.6 Å². The zero-order chi connectivity index (χ0) is 14.8. The van der Waals surface area contributed by atoms with Gasteiger partial charge in [-0.3, -0.25) is 4.98 Å². The minimum atomic E-state index is -0.214. The molecule has 21 heavy (non-hydrogen) atoms. The number of pyridine rings is 1. The van der Waals surface area contributed by atoms with Crippen molar-refractivity contribution < 1.29 is 4.39 Å². The second kappa shape index (κ2) is 5.82. The van der Waals surface area contributed by atoms with Crippen LogP contribution < -0.4 is 10.2 Å². The lowest BCUT2D eigenvalue weighted by atomic mass is 10.1. The fourth-order valence-electron chi connectivity index (χ4n) is 2.37. The Morgan fingerprint density at radius 2 is 2.00 bits per heavy atom. The molecule has 1 heterocycles. The fourth-order valence-corrected chi connectivity index (χ4v) is 2.37. The zero-order valence-electron chi connectivity index (χ0n) is 12.4. The number of nitrogens with zero attached hydrogens (tertiary/aromatic N) is 2. The average molecular weight is 285 g/mol. The van der Waals surface area contributed by atoms with E-state index in [-0.39, 0.29) is 5.82 Å². The van der Waals surface area contributed by atoms with Gasteiger partial charge in [0.1, 0.15) is 5.82 Å². The number of anilines is 2. The predicted octanol–water partition coefficient (Wildman–Crippen LogP) is 3.55. The lowest BCUT2D eigenvalue weighted by Gasteiger charge is -2.23. The Labute approximate surface area is 124 Å². The van der Waals surface area contributed by atoms with Crippen LogP contribution in [0.4, 0.5) is 15.8 Å². The summed E-state index contributed by atoms with van der Waals surface area (Å²) < 4.78 is 13.1. The topological polar surface area (TPSA) is 28.2 Å². The monoisotopic (exact) mass is 285 g/mol. The van der Waals surface area contributed by atoms with Crippen molar-refractivity contribution in [1.82, 2.24) is 10.3 Å². The first-order chi connectivity index (χ1) is 10.1. The molecule has 1 aliphatic rings. The van der Waals surface area contributed by atoms with Crippen LogP contribution in [0.15, 0.2) is 36.5 Å². The molecule has 1 N–H and O–H groups in total. The maximum Gasteiger partial charge on any atom is 0.123 e. The van der Waals surface area contributed by atoms with E-state index in [2.05, 4.69) is 21.3 Å². The molecule has 1 aliphatic carbocycles. The number of aromatic nitrogens is 1. The Kier molecular flexibility index (Phi) is 3.88. The molecule has 1 fully saturated rings. The molecule has 2 aromatic rings. The van der Waals surface area contributed by atoms with Crippen LogP contribution in [0.2, 0.25) is 0 Å². The SMILES string of the molecule is Cc1cc(N(C)c2ccc(F)cc2)c(CNC2CC2)cn1. The molecule has 3 nitrogen and oxygen atoms in total. The van der Waals surface area contributed by atoms with Crippen LogP contribution in [-0.2, 0) is 6.54 Å². The molecule has 0 bridgehead atoms. The van der Waals surface area contributed by atoms with Gasteiger partial charge in [-0.25, -0.2) is 4.39 Å². The van der Waals surface area contributed by atoms with Gasteiger partial charge in [0.25, 0.3) is 0 Å². The summed E-state index contributed by atoms with van der Waals surface area (Å²) in [5.41, 5.74) is 4.23.